The molecule has 4 aliphatic rings. The van der Waals surface area contributed by atoms with Crippen LogP contribution in [-0.2, 0) is 9.59 Å². The predicted molar refractivity (Wildman–Crippen MR) is 99.7 cm³/mol. The molecule has 26 heavy (non-hydrogen) atoms. The fraction of sp³-hybridized carbons (Fsp3) is 0.636. The first kappa shape index (κ1) is 16.3. The van der Waals surface area contributed by atoms with Gasteiger partial charge in [-0.25, -0.2) is 0 Å². The molecule has 3 atom stereocenters. The number of hydrogen-bond donors (Lipinski definition) is 1. The van der Waals surface area contributed by atoms with Gasteiger partial charge in [-0.1, -0.05) is 38.1 Å². The van der Waals surface area contributed by atoms with Crippen LogP contribution >= 0.6 is 0 Å². The molecule has 1 N–H and O–H groups in total. The van der Waals surface area contributed by atoms with Crippen LogP contribution in [0.15, 0.2) is 24.3 Å². The maximum absolute atomic E-state index is 12.8. The smallest absolute Gasteiger partial charge is 0.225 e. The summed E-state index contributed by atoms with van der Waals surface area (Å²) >= 11 is 0. The van der Waals surface area contributed by atoms with Gasteiger partial charge in [0.25, 0.3) is 0 Å². The molecule has 4 fully saturated rings. The third-order valence-electron chi connectivity index (χ3n) is 7.35. The molecule has 1 aromatic rings. The first-order valence-electron chi connectivity index (χ1n) is 10.2. The minimum Gasteiger partial charge on any atom is -0.351 e. The van der Waals surface area contributed by atoms with E-state index in [1.54, 1.807) is 0 Å². The van der Waals surface area contributed by atoms with Crippen LogP contribution < -0.4 is 5.32 Å². The third kappa shape index (κ3) is 2.49. The monoisotopic (exact) mass is 352 g/mol. The lowest BCUT2D eigenvalue weighted by Crippen LogP contribution is -2.56. The van der Waals surface area contributed by atoms with Gasteiger partial charge in [-0.2, -0.15) is 0 Å². The van der Waals surface area contributed by atoms with Crippen LogP contribution in [0.4, 0.5) is 0 Å². The molecule has 0 radical (unpaired) electrons. The van der Waals surface area contributed by atoms with Crippen molar-refractivity contribution in [2.75, 3.05) is 13.1 Å². The van der Waals surface area contributed by atoms with Crippen molar-refractivity contribution in [3.63, 3.8) is 0 Å². The zero-order valence-corrected chi connectivity index (χ0v) is 15.7. The summed E-state index contributed by atoms with van der Waals surface area (Å²) in [7, 11) is 0. The molecule has 138 valence electrons. The molecule has 2 aliphatic carbocycles. The fourth-order valence-electron chi connectivity index (χ4n) is 5.70. The van der Waals surface area contributed by atoms with Gasteiger partial charge in [0, 0.05) is 31.0 Å². The summed E-state index contributed by atoms with van der Waals surface area (Å²) in [5.74, 6) is 3.17. The van der Waals surface area contributed by atoms with Gasteiger partial charge in [0.1, 0.15) is 0 Å². The molecule has 0 aromatic heterocycles. The molecule has 2 heterocycles. The number of carbonyl (C=O) groups is 2. The van der Waals surface area contributed by atoms with Gasteiger partial charge in [-0.3, -0.25) is 9.59 Å². The highest BCUT2D eigenvalue weighted by atomic mass is 16.2. The van der Waals surface area contributed by atoms with Crippen LogP contribution in [-0.4, -0.2) is 35.3 Å². The number of fused-ring (bicyclic) bond motifs is 1. The molecule has 5 rings (SSSR count). The van der Waals surface area contributed by atoms with Crippen LogP contribution in [0, 0.1) is 17.8 Å². The highest BCUT2D eigenvalue weighted by Gasteiger charge is 2.59. The molecular formula is C22H28N2O2. The molecule has 4 nitrogen and oxygen atoms in total. The van der Waals surface area contributed by atoms with Gasteiger partial charge in [0.15, 0.2) is 0 Å². The SMILES string of the molecule is CC(C)c1ccc(C2[C@H]3CN(C(=O)C4CC5(CCC(=O)N5)C4)C[C@@H]23)cc1. The van der Waals surface area contributed by atoms with Crippen LogP contribution in [0.25, 0.3) is 0 Å². The Balaban J connectivity index is 1.16. The first-order valence-corrected chi connectivity index (χ1v) is 10.2. The van der Waals surface area contributed by atoms with Crippen LogP contribution in [0.5, 0.6) is 0 Å². The number of carbonyl (C=O) groups excluding carboxylic acids is 2. The average Bonchev–Trinajstić information content (AvgIpc) is 2.94. The maximum Gasteiger partial charge on any atom is 0.225 e. The maximum atomic E-state index is 12.8. The molecule has 2 amide bonds. The number of benzene rings is 1. The average molecular weight is 352 g/mol. The molecule has 1 unspecified atom stereocenters. The standard InChI is InChI=1S/C22H28N2O2/c1-13(2)14-3-5-15(6-4-14)20-17-11-24(12-18(17)20)21(26)16-9-22(10-16)8-7-19(25)23-22/h3-6,13,16-18,20H,7-12H2,1-2H3,(H,23,25)/t16?,17-,18+,20?,22?. The summed E-state index contributed by atoms with van der Waals surface area (Å²) in [6.45, 7) is 6.31. The van der Waals surface area contributed by atoms with E-state index in [0.717, 1.165) is 32.4 Å². The Morgan fingerprint density at radius 3 is 2.35 bits per heavy atom. The highest BCUT2D eigenvalue weighted by Crippen LogP contribution is 2.59. The van der Waals surface area contributed by atoms with Crippen molar-refractivity contribution >= 4 is 11.8 Å². The van der Waals surface area contributed by atoms with E-state index in [1.807, 2.05) is 0 Å². The van der Waals surface area contributed by atoms with Gasteiger partial charge in [-0.15, -0.1) is 0 Å². The Hall–Kier alpha value is -1.84. The number of rotatable bonds is 3. The normalized spacial score (nSPS) is 37.7. The second-order valence-electron chi connectivity index (χ2n) is 9.35. The van der Waals surface area contributed by atoms with E-state index in [4.69, 9.17) is 0 Å². The van der Waals surface area contributed by atoms with Crippen molar-refractivity contribution in [1.29, 1.82) is 0 Å². The van der Waals surface area contributed by atoms with Crippen molar-refractivity contribution in [1.82, 2.24) is 10.2 Å². The van der Waals surface area contributed by atoms with E-state index in [0.29, 0.717) is 36.0 Å². The van der Waals surface area contributed by atoms with Crippen LogP contribution in [0.2, 0.25) is 0 Å². The Morgan fingerprint density at radius 2 is 1.81 bits per heavy atom. The van der Waals surface area contributed by atoms with Crippen molar-refractivity contribution in [3.8, 4) is 0 Å². The Bertz CT molecular complexity index is 736. The van der Waals surface area contributed by atoms with E-state index >= 15 is 0 Å². The molecule has 2 aliphatic heterocycles. The molecule has 2 saturated carbocycles. The lowest BCUT2D eigenvalue weighted by Gasteiger charge is -2.45. The summed E-state index contributed by atoms with van der Waals surface area (Å²) in [6.07, 6.45) is 3.24. The zero-order chi connectivity index (χ0) is 18.1. The van der Waals surface area contributed by atoms with Gasteiger partial charge in [-0.05, 0) is 54.1 Å². The molecular weight excluding hydrogens is 324 g/mol. The van der Waals surface area contributed by atoms with Crippen molar-refractivity contribution < 1.29 is 9.59 Å². The van der Waals surface area contributed by atoms with E-state index < -0.39 is 0 Å². The lowest BCUT2D eigenvalue weighted by molar-refractivity contribution is -0.141. The van der Waals surface area contributed by atoms with Gasteiger partial charge in [0.05, 0.1) is 0 Å². The second-order valence-corrected chi connectivity index (χ2v) is 9.35. The number of hydrogen-bond acceptors (Lipinski definition) is 2. The number of likely N-dealkylation sites (tertiary alicyclic amines) is 1. The van der Waals surface area contributed by atoms with Crippen molar-refractivity contribution in [2.24, 2.45) is 17.8 Å². The minimum atomic E-state index is -0.0409. The van der Waals surface area contributed by atoms with Crippen LogP contribution in [0.3, 0.4) is 0 Å². The molecule has 1 spiro atoms. The summed E-state index contributed by atoms with van der Waals surface area (Å²) in [5.41, 5.74) is 2.81. The highest BCUT2D eigenvalue weighted by molar-refractivity contribution is 5.84. The van der Waals surface area contributed by atoms with Gasteiger partial charge < -0.3 is 10.2 Å². The van der Waals surface area contributed by atoms with Crippen LogP contribution in [0.1, 0.15) is 62.5 Å². The first-order chi connectivity index (χ1) is 12.5. The quantitative estimate of drug-likeness (QED) is 0.909. The van der Waals surface area contributed by atoms with Crippen molar-refractivity contribution in [3.05, 3.63) is 35.4 Å². The second kappa shape index (κ2) is 5.58. The zero-order valence-electron chi connectivity index (χ0n) is 15.7. The topological polar surface area (TPSA) is 49.4 Å². The van der Waals surface area contributed by atoms with Gasteiger partial charge >= 0.3 is 0 Å². The van der Waals surface area contributed by atoms with Crippen molar-refractivity contribution in [2.45, 2.75) is 56.9 Å². The summed E-state index contributed by atoms with van der Waals surface area (Å²) in [4.78, 5) is 26.3. The summed E-state index contributed by atoms with van der Waals surface area (Å²) in [5, 5.41) is 3.09. The molecule has 4 heteroatoms. The Labute approximate surface area is 155 Å². The van der Waals surface area contributed by atoms with E-state index in [2.05, 4.69) is 48.3 Å². The summed E-state index contributed by atoms with van der Waals surface area (Å²) < 4.78 is 0. The number of nitrogens with one attached hydrogen (secondary N) is 1. The molecule has 0 bridgehead atoms. The fourth-order valence-corrected chi connectivity index (χ4v) is 5.70. The van der Waals surface area contributed by atoms with E-state index in [9.17, 15) is 9.59 Å². The minimum absolute atomic E-state index is 0.0409. The Kier molecular flexibility index (Phi) is 3.51. The Morgan fingerprint density at radius 1 is 1.15 bits per heavy atom. The number of nitrogens with zero attached hydrogens (tertiary/aromatic N) is 1. The largest absolute Gasteiger partial charge is 0.351 e. The number of piperidine rings is 1. The van der Waals surface area contributed by atoms with E-state index in [-0.39, 0.29) is 17.4 Å². The number of amides is 2. The van der Waals surface area contributed by atoms with Gasteiger partial charge in [0.2, 0.25) is 11.8 Å². The van der Waals surface area contributed by atoms with E-state index in [1.165, 1.54) is 11.1 Å². The molecule has 1 aromatic carbocycles. The lowest BCUT2D eigenvalue weighted by atomic mass is 9.67. The summed E-state index contributed by atoms with van der Waals surface area (Å²) in [6, 6.07) is 9.12. The molecule has 2 saturated heterocycles. The predicted octanol–water partition coefficient (Wildman–Crippen LogP) is 3.04. The third-order valence-corrected chi connectivity index (χ3v) is 7.35.